The van der Waals surface area contributed by atoms with Crippen LogP contribution in [0.25, 0.3) is 0 Å². The van der Waals surface area contributed by atoms with Crippen molar-refractivity contribution in [3.8, 4) is 6.07 Å². The maximum absolute atomic E-state index is 13.1. The van der Waals surface area contributed by atoms with Crippen LogP contribution in [-0.2, 0) is 9.63 Å². The molecule has 0 saturated carbocycles. The van der Waals surface area contributed by atoms with Crippen LogP contribution in [0, 0.1) is 17.1 Å². The fraction of sp³-hybridized carbons (Fsp3) is 0.182. The van der Waals surface area contributed by atoms with Crippen LogP contribution in [0.2, 0.25) is 0 Å². The Labute approximate surface area is 95.7 Å². The average molecular weight is 234 g/mol. The topological polar surface area (TPSA) is 82.7 Å². The first-order valence-corrected chi connectivity index (χ1v) is 4.77. The zero-order chi connectivity index (χ0) is 12.4. The molecule has 1 N–H and O–H groups in total. The Morgan fingerprint density at radius 1 is 1.65 bits per heavy atom. The van der Waals surface area contributed by atoms with E-state index in [1.165, 1.54) is 12.1 Å². The first kappa shape index (κ1) is 11.1. The maximum Gasteiger partial charge on any atom is 0.348 e. The highest BCUT2D eigenvalue weighted by atomic mass is 19.1. The van der Waals surface area contributed by atoms with E-state index in [9.17, 15) is 9.18 Å². The van der Waals surface area contributed by atoms with Gasteiger partial charge in [-0.3, -0.25) is 0 Å². The Balaban J connectivity index is 2.26. The number of carboxylic acids is 1. The van der Waals surface area contributed by atoms with E-state index in [0.717, 1.165) is 6.07 Å². The number of halogens is 1. The number of hydrogen-bond acceptors (Lipinski definition) is 4. The summed E-state index contributed by atoms with van der Waals surface area (Å²) in [5.41, 5.74) is 0.782. The maximum atomic E-state index is 13.1. The van der Waals surface area contributed by atoms with Gasteiger partial charge in [-0.15, -0.1) is 0 Å². The second-order valence-electron chi connectivity index (χ2n) is 3.48. The monoisotopic (exact) mass is 234 g/mol. The molecule has 1 aliphatic rings. The van der Waals surface area contributed by atoms with Gasteiger partial charge >= 0.3 is 5.97 Å². The van der Waals surface area contributed by atoms with Crippen molar-refractivity contribution in [2.45, 2.75) is 12.5 Å². The molecule has 17 heavy (non-hydrogen) atoms. The van der Waals surface area contributed by atoms with Gasteiger partial charge < -0.3 is 9.94 Å². The van der Waals surface area contributed by atoms with Crippen LogP contribution in [0.5, 0.6) is 0 Å². The molecule has 1 unspecified atom stereocenters. The molecule has 0 fully saturated rings. The lowest BCUT2D eigenvalue weighted by molar-refractivity contribution is -0.148. The predicted octanol–water partition coefficient (Wildman–Crippen LogP) is 1.27. The molecule has 0 saturated heterocycles. The van der Waals surface area contributed by atoms with E-state index in [1.807, 2.05) is 0 Å². The Morgan fingerprint density at radius 2 is 2.41 bits per heavy atom. The predicted molar refractivity (Wildman–Crippen MR) is 54.8 cm³/mol. The fourth-order valence-electron chi connectivity index (χ4n) is 1.47. The number of nitrogens with zero attached hydrogens (tertiary/aromatic N) is 2. The molecule has 0 aliphatic carbocycles. The molecule has 0 aromatic heterocycles. The molecule has 0 amide bonds. The van der Waals surface area contributed by atoms with Crippen molar-refractivity contribution >= 4 is 11.7 Å². The molecule has 1 aliphatic heterocycles. The second-order valence-corrected chi connectivity index (χ2v) is 3.48. The van der Waals surface area contributed by atoms with Crippen LogP contribution >= 0.6 is 0 Å². The van der Waals surface area contributed by atoms with Gasteiger partial charge in [0, 0.05) is 12.0 Å². The minimum Gasteiger partial charge on any atom is -0.478 e. The number of carboxylic acid groups (broad SMARTS) is 1. The SMILES string of the molecule is N#Cc1cc(C2=NOC(C(=O)O)C2)ccc1F. The number of hydrogen-bond donors (Lipinski definition) is 1. The average Bonchev–Trinajstić information content (AvgIpc) is 2.79. The zero-order valence-electron chi connectivity index (χ0n) is 8.55. The number of rotatable bonds is 2. The van der Waals surface area contributed by atoms with Crippen molar-refractivity contribution in [1.29, 1.82) is 5.26 Å². The molecule has 0 radical (unpaired) electrons. The van der Waals surface area contributed by atoms with Crippen molar-refractivity contribution in [3.63, 3.8) is 0 Å². The highest BCUT2D eigenvalue weighted by Crippen LogP contribution is 2.18. The number of oxime groups is 1. The van der Waals surface area contributed by atoms with Crippen LogP contribution < -0.4 is 0 Å². The summed E-state index contributed by atoms with van der Waals surface area (Å²) in [5, 5.41) is 21.0. The van der Waals surface area contributed by atoms with Crippen LogP contribution in [0.3, 0.4) is 0 Å². The molecule has 1 atom stereocenters. The van der Waals surface area contributed by atoms with E-state index in [2.05, 4.69) is 5.16 Å². The zero-order valence-corrected chi connectivity index (χ0v) is 8.55. The second kappa shape index (κ2) is 4.22. The van der Waals surface area contributed by atoms with Gasteiger partial charge in [-0.1, -0.05) is 11.2 Å². The summed E-state index contributed by atoms with van der Waals surface area (Å²) in [6, 6.07) is 5.60. The van der Waals surface area contributed by atoms with Gasteiger partial charge in [0.05, 0.1) is 11.3 Å². The van der Waals surface area contributed by atoms with Crippen molar-refractivity contribution in [1.82, 2.24) is 0 Å². The summed E-state index contributed by atoms with van der Waals surface area (Å²) < 4.78 is 13.1. The first-order valence-electron chi connectivity index (χ1n) is 4.77. The third-order valence-electron chi connectivity index (χ3n) is 2.36. The van der Waals surface area contributed by atoms with E-state index in [4.69, 9.17) is 15.2 Å². The van der Waals surface area contributed by atoms with E-state index in [0.29, 0.717) is 11.3 Å². The largest absolute Gasteiger partial charge is 0.478 e. The summed E-state index contributed by atoms with van der Waals surface area (Å²) in [6.45, 7) is 0. The Bertz CT molecular complexity index is 548. The molecule has 0 spiro atoms. The normalized spacial score (nSPS) is 18.1. The van der Waals surface area contributed by atoms with Crippen molar-refractivity contribution < 1.29 is 19.1 Å². The third kappa shape index (κ3) is 2.08. The van der Waals surface area contributed by atoms with Gasteiger partial charge in [-0.2, -0.15) is 5.26 Å². The smallest absolute Gasteiger partial charge is 0.348 e. The highest BCUT2D eigenvalue weighted by Gasteiger charge is 2.28. The van der Waals surface area contributed by atoms with Crippen LogP contribution in [-0.4, -0.2) is 22.9 Å². The van der Waals surface area contributed by atoms with E-state index in [1.54, 1.807) is 6.07 Å². The fourth-order valence-corrected chi connectivity index (χ4v) is 1.47. The number of benzene rings is 1. The van der Waals surface area contributed by atoms with E-state index < -0.39 is 17.9 Å². The van der Waals surface area contributed by atoms with Crippen LogP contribution in [0.4, 0.5) is 4.39 Å². The summed E-state index contributed by atoms with van der Waals surface area (Å²) in [7, 11) is 0. The van der Waals surface area contributed by atoms with E-state index in [-0.39, 0.29) is 12.0 Å². The van der Waals surface area contributed by atoms with Gasteiger partial charge in [0.1, 0.15) is 11.9 Å². The summed E-state index contributed by atoms with van der Waals surface area (Å²) in [5.74, 6) is -1.73. The number of carbonyl (C=O) groups is 1. The van der Waals surface area contributed by atoms with Gasteiger partial charge in [0.2, 0.25) is 6.10 Å². The van der Waals surface area contributed by atoms with E-state index >= 15 is 0 Å². The summed E-state index contributed by atoms with van der Waals surface area (Å²) >= 11 is 0. The van der Waals surface area contributed by atoms with Crippen LogP contribution in [0.15, 0.2) is 23.4 Å². The Kier molecular flexibility index (Phi) is 2.75. The summed E-state index contributed by atoms with van der Waals surface area (Å²) in [4.78, 5) is 15.3. The molecule has 86 valence electrons. The molecule has 0 bridgehead atoms. The van der Waals surface area contributed by atoms with Crippen molar-refractivity contribution in [2.24, 2.45) is 5.16 Å². The first-order chi connectivity index (χ1) is 8.11. The standard InChI is InChI=1S/C11H7FN2O3/c12-8-2-1-6(3-7(8)5-13)9-4-10(11(15)16)17-14-9/h1-3,10H,4H2,(H,15,16). The Morgan fingerprint density at radius 3 is 3.00 bits per heavy atom. The molecular weight excluding hydrogens is 227 g/mol. The lowest BCUT2D eigenvalue weighted by Crippen LogP contribution is -2.19. The number of aliphatic carboxylic acids is 1. The molecule has 6 heteroatoms. The van der Waals surface area contributed by atoms with Gasteiger partial charge in [-0.05, 0) is 12.1 Å². The molecule has 5 nitrogen and oxygen atoms in total. The quantitative estimate of drug-likeness (QED) is 0.835. The molecular formula is C11H7FN2O3. The minimum absolute atomic E-state index is 0.103. The molecule has 1 heterocycles. The van der Waals surface area contributed by atoms with Crippen LogP contribution in [0.1, 0.15) is 17.5 Å². The third-order valence-corrected chi connectivity index (χ3v) is 2.36. The summed E-state index contributed by atoms with van der Waals surface area (Å²) in [6.07, 6.45) is -0.910. The lowest BCUT2D eigenvalue weighted by atomic mass is 10.0. The van der Waals surface area contributed by atoms with Gasteiger partial charge in [0.15, 0.2) is 0 Å². The minimum atomic E-state index is -1.11. The van der Waals surface area contributed by atoms with Gasteiger partial charge in [-0.25, -0.2) is 9.18 Å². The molecule has 2 rings (SSSR count). The molecule has 1 aromatic rings. The highest BCUT2D eigenvalue weighted by molar-refractivity contribution is 6.03. The molecule has 1 aromatic carbocycles. The van der Waals surface area contributed by atoms with Crippen molar-refractivity contribution in [3.05, 3.63) is 35.1 Å². The Hall–Kier alpha value is -2.42. The lowest BCUT2D eigenvalue weighted by Gasteiger charge is -2.01. The number of nitriles is 1. The van der Waals surface area contributed by atoms with Gasteiger partial charge in [0.25, 0.3) is 0 Å². The van der Waals surface area contributed by atoms with Crippen molar-refractivity contribution in [2.75, 3.05) is 0 Å².